The van der Waals surface area contributed by atoms with Crippen LogP contribution in [0.1, 0.15) is 29.5 Å². The third-order valence-corrected chi connectivity index (χ3v) is 5.24. The van der Waals surface area contributed by atoms with Crippen LogP contribution in [0.25, 0.3) is 11.1 Å². The van der Waals surface area contributed by atoms with Crippen LogP contribution >= 0.6 is 11.8 Å². The molecule has 2 aromatic carbocycles. The van der Waals surface area contributed by atoms with E-state index in [4.69, 9.17) is 0 Å². The van der Waals surface area contributed by atoms with Gasteiger partial charge in [0.2, 0.25) is 0 Å². The van der Waals surface area contributed by atoms with E-state index in [0.717, 1.165) is 5.75 Å². The van der Waals surface area contributed by atoms with Crippen LogP contribution in [0.2, 0.25) is 0 Å². The average Bonchev–Trinajstić information content (AvgIpc) is 2.72. The Bertz CT molecular complexity index is 715. The monoisotopic (exact) mass is 266 g/mol. The molecule has 0 spiro atoms. The molecule has 0 fully saturated rings. The van der Waals surface area contributed by atoms with E-state index in [1.807, 2.05) is 17.8 Å². The molecule has 2 aliphatic rings. The number of phenols is 1. The Morgan fingerprint density at radius 2 is 1.95 bits per heavy atom. The first-order valence-electron chi connectivity index (χ1n) is 6.54. The Labute approximate surface area is 117 Å². The van der Waals surface area contributed by atoms with Gasteiger partial charge < -0.3 is 5.11 Å². The Morgan fingerprint density at radius 1 is 1.11 bits per heavy atom. The minimum atomic E-state index is 0.364. The fourth-order valence-electron chi connectivity index (χ4n) is 3.26. The van der Waals surface area contributed by atoms with Crippen LogP contribution < -0.4 is 0 Å². The van der Waals surface area contributed by atoms with Crippen molar-refractivity contribution in [3.8, 4) is 5.75 Å². The zero-order chi connectivity index (χ0) is 13.0. The van der Waals surface area contributed by atoms with Gasteiger partial charge in [0, 0.05) is 16.6 Å². The van der Waals surface area contributed by atoms with E-state index < -0.39 is 0 Å². The molecule has 1 nitrogen and oxygen atoms in total. The van der Waals surface area contributed by atoms with E-state index in [2.05, 4.69) is 37.3 Å². The highest BCUT2D eigenvalue weighted by Crippen LogP contribution is 2.53. The average molecular weight is 266 g/mol. The molecule has 94 valence electrons. The first kappa shape index (κ1) is 11.2. The summed E-state index contributed by atoms with van der Waals surface area (Å²) in [5, 5.41) is 9.74. The number of hydrogen-bond donors (Lipinski definition) is 1. The van der Waals surface area contributed by atoms with Crippen molar-refractivity contribution in [2.45, 2.75) is 17.7 Å². The van der Waals surface area contributed by atoms with Crippen LogP contribution in [0.5, 0.6) is 5.75 Å². The summed E-state index contributed by atoms with van der Waals surface area (Å²) in [7, 11) is 0. The first-order chi connectivity index (χ1) is 9.25. The van der Waals surface area contributed by atoms with Gasteiger partial charge in [-0.05, 0) is 46.0 Å². The summed E-state index contributed by atoms with van der Waals surface area (Å²) in [4.78, 5) is 1.38. The second-order valence-corrected chi connectivity index (χ2v) is 6.19. The van der Waals surface area contributed by atoms with Gasteiger partial charge >= 0.3 is 0 Å². The van der Waals surface area contributed by atoms with Crippen molar-refractivity contribution in [3.05, 3.63) is 59.2 Å². The predicted molar refractivity (Wildman–Crippen MR) is 80.5 cm³/mol. The molecule has 0 amide bonds. The second-order valence-electron chi connectivity index (χ2n) is 5.17. The van der Waals surface area contributed by atoms with Crippen LogP contribution in [0.3, 0.4) is 0 Å². The number of thioether (sulfide) groups is 1. The summed E-state index contributed by atoms with van der Waals surface area (Å²) >= 11 is 1.90. The maximum Gasteiger partial charge on any atom is 0.116 e. The van der Waals surface area contributed by atoms with E-state index in [1.165, 1.54) is 32.7 Å². The molecule has 0 saturated carbocycles. The van der Waals surface area contributed by atoms with Gasteiger partial charge in [0.25, 0.3) is 0 Å². The van der Waals surface area contributed by atoms with Crippen molar-refractivity contribution in [1.29, 1.82) is 0 Å². The summed E-state index contributed by atoms with van der Waals surface area (Å²) in [5.74, 6) is 1.80. The lowest BCUT2D eigenvalue weighted by Crippen LogP contribution is -2.00. The van der Waals surface area contributed by atoms with Gasteiger partial charge in [0.1, 0.15) is 5.75 Å². The molecule has 4 rings (SSSR count). The van der Waals surface area contributed by atoms with Crippen LogP contribution in [-0.4, -0.2) is 10.9 Å². The SMILES string of the molecule is CC1C2=C(CSc3ccccc32)c2cc(O)ccc21. The van der Waals surface area contributed by atoms with Gasteiger partial charge in [0.15, 0.2) is 0 Å². The highest BCUT2D eigenvalue weighted by molar-refractivity contribution is 7.99. The Hall–Kier alpha value is -1.67. The molecule has 2 heteroatoms. The lowest BCUT2D eigenvalue weighted by Gasteiger charge is -2.20. The normalized spacial score (nSPS) is 19.9. The second kappa shape index (κ2) is 3.91. The topological polar surface area (TPSA) is 20.2 Å². The maximum absolute atomic E-state index is 9.74. The van der Waals surface area contributed by atoms with Crippen molar-refractivity contribution >= 4 is 22.9 Å². The zero-order valence-electron chi connectivity index (χ0n) is 10.7. The quantitative estimate of drug-likeness (QED) is 0.756. The highest BCUT2D eigenvalue weighted by Gasteiger charge is 2.32. The van der Waals surface area contributed by atoms with E-state index in [-0.39, 0.29) is 0 Å². The molecule has 1 unspecified atom stereocenters. The highest BCUT2D eigenvalue weighted by atomic mass is 32.2. The molecule has 0 radical (unpaired) electrons. The molecular weight excluding hydrogens is 252 g/mol. The largest absolute Gasteiger partial charge is 0.508 e. The van der Waals surface area contributed by atoms with E-state index in [0.29, 0.717) is 11.7 Å². The zero-order valence-corrected chi connectivity index (χ0v) is 11.5. The molecule has 1 atom stereocenters. The standard InChI is InChI=1S/C17H14OS/c1-10-12-7-6-11(18)8-14(12)15-9-19-16-5-3-2-4-13(16)17(10)15/h2-8,10,18H,9H2,1H3. The number of allylic oxidation sites excluding steroid dienone is 1. The van der Waals surface area contributed by atoms with E-state index in [9.17, 15) is 5.11 Å². The van der Waals surface area contributed by atoms with Gasteiger partial charge in [-0.3, -0.25) is 0 Å². The third kappa shape index (κ3) is 1.50. The Kier molecular flexibility index (Phi) is 2.30. The molecule has 0 bridgehead atoms. The molecular formula is C17H14OS. The summed E-state index contributed by atoms with van der Waals surface area (Å²) in [6, 6.07) is 14.4. The summed E-state index contributed by atoms with van der Waals surface area (Å²) < 4.78 is 0. The fraction of sp³-hybridized carbons (Fsp3) is 0.176. The van der Waals surface area contributed by atoms with E-state index >= 15 is 0 Å². The number of benzene rings is 2. The van der Waals surface area contributed by atoms with E-state index in [1.54, 1.807) is 6.07 Å². The number of aromatic hydroxyl groups is 1. The maximum atomic E-state index is 9.74. The molecule has 1 aliphatic heterocycles. The molecule has 2 aromatic rings. The number of fused-ring (bicyclic) bond motifs is 4. The van der Waals surface area contributed by atoms with Crippen molar-refractivity contribution in [2.24, 2.45) is 0 Å². The van der Waals surface area contributed by atoms with Crippen LogP contribution in [0.15, 0.2) is 47.4 Å². The van der Waals surface area contributed by atoms with Gasteiger partial charge in [0.05, 0.1) is 0 Å². The van der Waals surface area contributed by atoms with Crippen molar-refractivity contribution < 1.29 is 5.11 Å². The van der Waals surface area contributed by atoms with Crippen LogP contribution in [0, 0.1) is 0 Å². The van der Waals surface area contributed by atoms with Gasteiger partial charge in [-0.25, -0.2) is 0 Å². The minimum Gasteiger partial charge on any atom is -0.508 e. The minimum absolute atomic E-state index is 0.364. The molecule has 19 heavy (non-hydrogen) atoms. The Balaban J connectivity index is 1.99. The number of phenolic OH excluding ortho intramolecular Hbond substituents is 1. The first-order valence-corrected chi connectivity index (χ1v) is 7.53. The molecule has 0 aromatic heterocycles. The van der Waals surface area contributed by atoms with Gasteiger partial charge in [-0.1, -0.05) is 31.2 Å². The summed E-state index contributed by atoms with van der Waals surface area (Å²) in [6.07, 6.45) is 0. The summed E-state index contributed by atoms with van der Waals surface area (Å²) in [5.41, 5.74) is 6.82. The lowest BCUT2D eigenvalue weighted by molar-refractivity contribution is 0.475. The fourth-order valence-corrected chi connectivity index (χ4v) is 4.38. The lowest BCUT2D eigenvalue weighted by atomic mass is 9.92. The van der Waals surface area contributed by atoms with Crippen LogP contribution in [-0.2, 0) is 0 Å². The molecule has 1 heterocycles. The smallest absolute Gasteiger partial charge is 0.116 e. The van der Waals surface area contributed by atoms with Crippen molar-refractivity contribution in [1.82, 2.24) is 0 Å². The number of hydrogen-bond acceptors (Lipinski definition) is 2. The van der Waals surface area contributed by atoms with Gasteiger partial charge in [-0.2, -0.15) is 0 Å². The summed E-state index contributed by atoms with van der Waals surface area (Å²) in [6.45, 7) is 2.27. The van der Waals surface area contributed by atoms with Gasteiger partial charge in [-0.15, -0.1) is 11.8 Å². The number of rotatable bonds is 0. The Morgan fingerprint density at radius 3 is 2.84 bits per heavy atom. The van der Waals surface area contributed by atoms with Crippen LogP contribution in [0.4, 0.5) is 0 Å². The predicted octanol–water partition coefficient (Wildman–Crippen LogP) is 4.53. The van der Waals surface area contributed by atoms with Crippen molar-refractivity contribution in [2.75, 3.05) is 5.75 Å². The van der Waals surface area contributed by atoms with Crippen molar-refractivity contribution in [3.63, 3.8) is 0 Å². The molecule has 1 N–H and O–H groups in total. The molecule has 0 saturated heterocycles. The third-order valence-electron chi connectivity index (χ3n) is 4.14. The molecule has 1 aliphatic carbocycles.